The highest BCUT2D eigenvalue weighted by atomic mass is 19.1. The molecule has 0 radical (unpaired) electrons. The van der Waals surface area contributed by atoms with Crippen LogP contribution in [0.3, 0.4) is 0 Å². The zero-order valence-electron chi connectivity index (χ0n) is 10.8. The van der Waals surface area contributed by atoms with Crippen molar-refractivity contribution in [2.75, 3.05) is 24.3 Å². The lowest BCUT2D eigenvalue weighted by Gasteiger charge is -2.12. The number of rotatable bonds is 4. The van der Waals surface area contributed by atoms with Crippen LogP contribution >= 0.6 is 0 Å². The smallest absolute Gasteiger partial charge is 0.128 e. The minimum atomic E-state index is -0.571. The molecule has 0 aliphatic rings. The Labute approximate surface area is 110 Å². The Morgan fingerprint density at radius 1 is 1.11 bits per heavy atom. The second kappa shape index (κ2) is 5.65. The summed E-state index contributed by atoms with van der Waals surface area (Å²) in [7, 11) is 3.82. The molecule has 1 aromatic heterocycles. The molecule has 0 saturated carbocycles. The predicted octanol–water partition coefficient (Wildman–Crippen LogP) is 3.04. The van der Waals surface area contributed by atoms with Gasteiger partial charge >= 0.3 is 0 Å². The van der Waals surface area contributed by atoms with Gasteiger partial charge in [-0.05, 0) is 29.8 Å². The second-order valence-corrected chi connectivity index (χ2v) is 4.43. The molecule has 0 atom stereocenters. The lowest BCUT2D eigenvalue weighted by molar-refractivity contribution is 0.580. The van der Waals surface area contributed by atoms with Gasteiger partial charge in [-0.1, -0.05) is 0 Å². The molecule has 2 aromatic rings. The van der Waals surface area contributed by atoms with E-state index < -0.39 is 11.6 Å². The van der Waals surface area contributed by atoms with Crippen molar-refractivity contribution in [3.63, 3.8) is 0 Å². The largest absolute Gasteiger partial charge is 0.380 e. The van der Waals surface area contributed by atoms with Crippen molar-refractivity contribution in [1.29, 1.82) is 0 Å². The van der Waals surface area contributed by atoms with E-state index in [1.54, 1.807) is 6.20 Å². The zero-order chi connectivity index (χ0) is 13.8. The highest BCUT2D eigenvalue weighted by Gasteiger charge is 2.01. The minimum absolute atomic E-state index is 0.345. The highest BCUT2D eigenvalue weighted by Crippen LogP contribution is 2.14. The normalized spacial score (nSPS) is 10.3. The summed E-state index contributed by atoms with van der Waals surface area (Å²) in [6, 6.07) is 7.21. The highest BCUT2D eigenvalue weighted by molar-refractivity contribution is 5.48. The summed E-state index contributed by atoms with van der Waals surface area (Å²) in [6.07, 6.45) is 1.69. The van der Waals surface area contributed by atoms with E-state index in [9.17, 15) is 8.78 Å². The maximum Gasteiger partial charge on any atom is 0.128 e. The van der Waals surface area contributed by atoms with Crippen molar-refractivity contribution < 1.29 is 8.78 Å². The van der Waals surface area contributed by atoms with E-state index in [0.29, 0.717) is 12.1 Å². The van der Waals surface area contributed by atoms with Crippen molar-refractivity contribution in [3.8, 4) is 0 Å². The number of benzene rings is 1. The number of hydrogen-bond donors (Lipinski definition) is 1. The van der Waals surface area contributed by atoms with Gasteiger partial charge in [0.2, 0.25) is 0 Å². The van der Waals surface area contributed by atoms with Gasteiger partial charge in [0, 0.05) is 26.7 Å². The minimum Gasteiger partial charge on any atom is -0.380 e. The van der Waals surface area contributed by atoms with Crippen LogP contribution < -0.4 is 10.2 Å². The fraction of sp³-hybridized carbons (Fsp3) is 0.214. The van der Waals surface area contributed by atoms with Crippen LogP contribution in [0.4, 0.5) is 20.3 Å². The molecule has 2 rings (SSSR count). The third-order valence-corrected chi connectivity index (χ3v) is 2.63. The van der Waals surface area contributed by atoms with Crippen LogP contribution in [0.25, 0.3) is 0 Å². The van der Waals surface area contributed by atoms with Crippen molar-refractivity contribution >= 4 is 11.5 Å². The molecule has 0 fully saturated rings. The van der Waals surface area contributed by atoms with Gasteiger partial charge in [0.05, 0.1) is 11.9 Å². The third kappa shape index (κ3) is 3.64. The molecule has 0 aliphatic carbocycles. The van der Waals surface area contributed by atoms with Gasteiger partial charge in [0.1, 0.15) is 17.5 Å². The summed E-state index contributed by atoms with van der Waals surface area (Å²) < 4.78 is 26.0. The fourth-order valence-electron chi connectivity index (χ4n) is 1.67. The van der Waals surface area contributed by atoms with Crippen LogP contribution in [0.2, 0.25) is 0 Å². The Morgan fingerprint density at radius 3 is 2.32 bits per heavy atom. The van der Waals surface area contributed by atoms with Crippen LogP contribution in [0, 0.1) is 11.6 Å². The van der Waals surface area contributed by atoms with Crippen LogP contribution in [0.15, 0.2) is 36.5 Å². The van der Waals surface area contributed by atoms with Gasteiger partial charge < -0.3 is 10.2 Å². The Morgan fingerprint density at radius 2 is 1.79 bits per heavy atom. The van der Waals surface area contributed by atoms with E-state index in [2.05, 4.69) is 10.3 Å². The average molecular weight is 263 g/mol. The Bertz CT molecular complexity index is 533. The molecular formula is C14H15F2N3. The first kappa shape index (κ1) is 13.3. The molecule has 5 heteroatoms. The predicted molar refractivity (Wildman–Crippen MR) is 72.2 cm³/mol. The number of halogens is 2. The Balaban J connectivity index is 2.02. The number of pyridine rings is 1. The van der Waals surface area contributed by atoms with Crippen molar-refractivity contribution in [2.45, 2.75) is 6.54 Å². The van der Waals surface area contributed by atoms with Crippen molar-refractivity contribution in [2.24, 2.45) is 0 Å². The molecule has 0 unspecified atom stereocenters. The van der Waals surface area contributed by atoms with Gasteiger partial charge in [-0.25, -0.2) is 13.8 Å². The standard InChI is InChI=1S/C14H15F2N3/c1-19(2)14-4-3-13(9-18-14)17-8-10-5-11(15)7-12(16)6-10/h3-7,9,17H,8H2,1-2H3. The van der Waals surface area contributed by atoms with Gasteiger partial charge in [-0.2, -0.15) is 0 Å². The van der Waals surface area contributed by atoms with Gasteiger partial charge in [0.15, 0.2) is 0 Å². The monoisotopic (exact) mass is 263 g/mol. The number of anilines is 2. The molecule has 3 nitrogen and oxygen atoms in total. The molecule has 0 amide bonds. The number of hydrogen-bond acceptors (Lipinski definition) is 3. The Kier molecular flexibility index (Phi) is 3.94. The molecule has 100 valence electrons. The van der Waals surface area contributed by atoms with E-state index in [1.807, 2.05) is 31.1 Å². The molecule has 0 saturated heterocycles. The molecule has 19 heavy (non-hydrogen) atoms. The maximum absolute atomic E-state index is 13.0. The van der Waals surface area contributed by atoms with Crippen LogP contribution in [0.5, 0.6) is 0 Å². The quantitative estimate of drug-likeness (QED) is 0.919. The van der Waals surface area contributed by atoms with Crippen LogP contribution in [-0.2, 0) is 6.54 Å². The molecule has 0 bridgehead atoms. The third-order valence-electron chi connectivity index (χ3n) is 2.63. The summed E-state index contributed by atoms with van der Waals surface area (Å²) in [5.41, 5.74) is 1.35. The lowest BCUT2D eigenvalue weighted by atomic mass is 10.2. The van der Waals surface area contributed by atoms with E-state index >= 15 is 0 Å². The first-order valence-corrected chi connectivity index (χ1v) is 5.87. The van der Waals surface area contributed by atoms with E-state index in [-0.39, 0.29) is 0 Å². The van der Waals surface area contributed by atoms with Gasteiger partial charge in [-0.15, -0.1) is 0 Å². The molecule has 1 aromatic carbocycles. The molecule has 1 N–H and O–H groups in total. The van der Waals surface area contributed by atoms with Crippen molar-refractivity contribution in [1.82, 2.24) is 4.98 Å². The SMILES string of the molecule is CN(C)c1ccc(NCc2cc(F)cc(F)c2)cn1. The summed E-state index contributed by atoms with van der Waals surface area (Å²) in [5.74, 6) is -0.293. The van der Waals surface area contributed by atoms with E-state index in [4.69, 9.17) is 0 Å². The molecule has 0 aliphatic heterocycles. The molecular weight excluding hydrogens is 248 g/mol. The number of nitrogens with zero attached hydrogens (tertiary/aromatic N) is 2. The molecule has 1 heterocycles. The summed E-state index contributed by atoms with van der Waals surface area (Å²) in [4.78, 5) is 6.14. The number of nitrogens with one attached hydrogen (secondary N) is 1. The first-order chi connectivity index (χ1) is 9.04. The summed E-state index contributed by atoms with van der Waals surface area (Å²) >= 11 is 0. The first-order valence-electron chi connectivity index (χ1n) is 5.87. The zero-order valence-corrected chi connectivity index (χ0v) is 10.8. The van der Waals surface area contributed by atoms with Crippen LogP contribution in [-0.4, -0.2) is 19.1 Å². The van der Waals surface area contributed by atoms with Crippen LogP contribution in [0.1, 0.15) is 5.56 Å². The molecule has 0 spiro atoms. The second-order valence-electron chi connectivity index (χ2n) is 4.43. The number of aromatic nitrogens is 1. The Hall–Kier alpha value is -2.17. The fourth-order valence-corrected chi connectivity index (χ4v) is 1.67. The summed E-state index contributed by atoms with van der Waals surface area (Å²) in [5, 5.41) is 3.07. The van der Waals surface area contributed by atoms with Gasteiger partial charge in [0.25, 0.3) is 0 Å². The van der Waals surface area contributed by atoms with Crippen molar-refractivity contribution in [3.05, 3.63) is 53.7 Å². The maximum atomic E-state index is 13.0. The topological polar surface area (TPSA) is 28.2 Å². The van der Waals surface area contributed by atoms with E-state index in [1.165, 1.54) is 12.1 Å². The van der Waals surface area contributed by atoms with Gasteiger partial charge in [-0.3, -0.25) is 0 Å². The van der Waals surface area contributed by atoms with E-state index in [0.717, 1.165) is 17.6 Å². The summed E-state index contributed by atoms with van der Waals surface area (Å²) in [6.45, 7) is 0.345. The average Bonchev–Trinajstić information content (AvgIpc) is 2.36. The lowest BCUT2D eigenvalue weighted by Crippen LogP contribution is -2.10.